The van der Waals surface area contributed by atoms with Gasteiger partial charge in [-0.25, -0.2) is 14.7 Å². The SMILES string of the molecule is CC(C)(C)NC(N)=NCc1ncnn1C(C)(C)C.I. The average Bonchev–Trinajstić information content (AvgIpc) is 2.58. The van der Waals surface area contributed by atoms with Gasteiger partial charge in [0.1, 0.15) is 18.7 Å². The predicted molar refractivity (Wildman–Crippen MR) is 88.6 cm³/mol. The number of hydrogen-bond donors (Lipinski definition) is 2. The van der Waals surface area contributed by atoms with Crippen LogP contribution in [0, 0.1) is 0 Å². The van der Waals surface area contributed by atoms with E-state index < -0.39 is 0 Å². The minimum absolute atomic E-state index is 0. The first-order valence-corrected chi connectivity index (χ1v) is 6.07. The lowest BCUT2D eigenvalue weighted by Crippen LogP contribution is -2.45. The van der Waals surface area contributed by atoms with Crippen LogP contribution in [0.4, 0.5) is 0 Å². The molecular weight excluding hydrogens is 355 g/mol. The molecule has 1 heterocycles. The van der Waals surface area contributed by atoms with Crippen molar-refractivity contribution in [3.63, 3.8) is 0 Å². The van der Waals surface area contributed by atoms with Crippen molar-refractivity contribution in [3.05, 3.63) is 12.2 Å². The summed E-state index contributed by atoms with van der Waals surface area (Å²) >= 11 is 0. The summed E-state index contributed by atoms with van der Waals surface area (Å²) in [7, 11) is 0. The van der Waals surface area contributed by atoms with Crippen LogP contribution in [-0.2, 0) is 12.1 Å². The Bertz CT molecular complexity index is 424. The summed E-state index contributed by atoms with van der Waals surface area (Å²) in [6, 6.07) is 0. The van der Waals surface area contributed by atoms with Gasteiger partial charge in [-0.15, -0.1) is 24.0 Å². The van der Waals surface area contributed by atoms with Crippen molar-refractivity contribution in [2.45, 2.75) is 59.2 Å². The summed E-state index contributed by atoms with van der Waals surface area (Å²) in [5, 5.41) is 7.33. The van der Waals surface area contributed by atoms with Gasteiger partial charge in [-0.2, -0.15) is 5.10 Å². The second-order valence-electron chi connectivity index (χ2n) is 6.34. The van der Waals surface area contributed by atoms with Gasteiger partial charge in [0.25, 0.3) is 0 Å². The molecule has 1 rings (SSSR count). The average molecular weight is 380 g/mol. The number of nitrogens with two attached hydrogens (primary N) is 1. The zero-order valence-corrected chi connectivity index (χ0v) is 14.9. The summed E-state index contributed by atoms with van der Waals surface area (Å²) < 4.78 is 1.86. The highest BCUT2D eigenvalue weighted by atomic mass is 127. The Labute approximate surface area is 132 Å². The zero-order chi connectivity index (χ0) is 14.0. The molecule has 0 saturated carbocycles. The van der Waals surface area contributed by atoms with E-state index in [2.05, 4.69) is 41.2 Å². The van der Waals surface area contributed by atoms with Crippen LogP contribution in [0.25, 0.3) is 0 Å². The first-order valence-electron chi connectivity index (χ1n) is 6.07. The third-order valence-corrected chi connectivity index (χ3v) is 2.15. The van der Waals surface area contributed by atoms with Gasteiger partial charge in [0.05, 0.1) is 5.54 Å². The molecule has 1 aromatic rings. The topological polar surface area (TPSA) is 81.1 Å². The largest absolute Gasteiger partial charge is 0.370 e. The van der Waals surface area contributed by atoms with Gasteiger partial charge >= 0.3 is 0 Å². The van der Waals surface area contributed by atoms with Crippen molar-refractivity contribution in [1.82, 2.24) is 20.1 Å². The second-order valence-corrected chi connectivity index (χ2v) is 6.34. The summed E-state index contributed by atoms with van der Waals surface area (Å²) in [4.78, 5) is 8.50. The molecule has 0 aliphatic heterocycles. The number of nitrogens with one attached hydrogen (secondary N) is 1. The molecular formula is C12H25IN6. The van der Waals surface area contributed by atoms with Gasteiger partial charge in [-0.1, -0.05) is 0 Å². The Morgan fingerprint density at radius 3 is 2.37 bits per heavy atom. The number of aromatic nitrogens is 3. The van der Waals surface area contributed by atoms with E-state index in [0.717, 1.165) is 5.82 Å². The van der Waals surface area contributed by atoms with E-state index in [0.29, 0.717) is 12.5 Å². The molecule has 0 aliphatic rings. The number of halogens is 1. The van der Waals surface area contributed by atoms with E-state index in [1.165, 1.54) is 0 Å². The van der Waals surface area contributed by atoms with Gasteiger partial charge in [0, 0.05) is 5.54 Å². The molecule has 0 unspecified atom stereocenters. The maximum absolute atomic E-state index is 5.82. The van der Waals surface area contributed by atoms with E-state index in [1.807, 2.05) is 25.5 Å². The van der Waals surface area contributed by atoms with Crippen molar-refractivity contribution >= 4 is 29.9 Å². The molecule has 6 nitrogen and oxygen atoms in total. The summed E-state index contributed by atoms with van der Waals surface area (Å²) in [6.07, 6.45) is 1.55. The number of hydrogen-bond acceptors (Lipinski definition) is 3. The highest BCUT2D eigenvalue weighted by molar-refractivity contribution is 14.0. The molecule has 1 aromatic heterocycles. The Morgan fingerprint density at radius 1 is 1.32 bits per heavy atom. The lowest BCUT2D eigenvalue weighted by molar-refractivity contribution is 0.341. The number of rotatable bonds is 2. The van der Waals surface area contributed by atoms with Crippen molar-refractivity contribution in [3.8, 4) is 0 Å². The second kappa shape index (κ2) is 6.53. The van der Waals surface area contributed by atoms with E-state index >= 15 is 0 Å². The molecule has 110 valence electrons. The fourth-order valence-electron chi connectivity index (χ4n) is 1.51. The highest BCUT2D eigenvalue weighted by Crippen LogP contribution is 2.14. The van der Waals surface area contributed by atoms with Crippen LogP contribution in [0.2, 0.25) is 0 Å². The van der Waals surface area contributed by atoms with E-state index in [9.17, 15) is 0 Å². The van der Waals surface area contributed by atoms with Crippen LogP contribution in [0.3, 0.4) is 0 Å². The third-order valence-electron chi connectivity index (χ3n) is 2.15. The number of aliphatic imine (C=N–C) groups is 1. The van der Waals surface area contributed by atoms with Crippen LogP contribution in [0.1, 0.15) is 47.4 Å². The summed E-state index contributed by atoms with van der Waals surface area (Å²) in [5.41, 5.74) is 5.62. The van der Waals surface area contributed by atoms with E-state index in [4.69, 9.17) is 5.73 Å². The van der Waals surface area contributed by atoms with Crippen molar-refractivity contribution < 1.29 is 0 Å². The summed E-state index contributed by atoms with van der Waals surface area (Å²) in [5.74, 6) is 1.23. The van der Waals surface area contributed by atoms with Crippen LogP contribution in [0.5, 0.6) is 0 Å². The minimum atomic E-state index is -0.104. The molecule has 0 bridgehead atoms. The quantitative estimate of drug-likeness (QED) is 0.466. The van der Waals surface area contributed by atoms with Crippen LogP contribution < -0.4 is 11.1 Å². The molecule has 0 spiro atoms. The molecule has 0 aliphatic carbocycles. The molecule has 0 fully saturated rings. The molecule has 19 heavy (non-hydrogen) atoms. The first kappa shape index (κ1) is 18.1. The standard InChI is InChI=1S/C12H24N6.HI/c1-11(2,3)17-10(13)14-7-9-15-8-16-18(9)12(4,5)6;/h8H,7H2,1-6H3,(H3,13,14,17);1H. The molecule has 0 radical (unpaired) electrons. The summed E-state index contributed by atoms with van der Waals surface area (Å²) in [6.45, 7) is 12.8. The van der Waals surface area contributed by atoms with Gasteiger partial charge < -0.3 is 11.1 Å². The van der Waals surface area contributed by atoms with Crippen LogP contribution >= 0.6 is 24.0 Å². The first-order chi connectivity index (χ1) is 8.09. The zero-order valence-electron chi connectivity index (χ0n) is 12.6. The lowest BCUT2D eigenvalue weighted by Gasteiger charge is -2.22. The Balaban J connectivity index is 0.00000324. The molecule has 3 N–H and O–H groups in total. The predicted octanol–water partition coefficient (Wildman–Crippen LogP) is 1.85. The highest BCUT2D eigenvalue weighted by Gasteiger charge is 2.18. The Hall–Kier alpha value is -0.860. The maximum atomic E-state index is 5.82. The number of nitrogens with zero attached hydrogens (tertiary/aromatic N) is 4. The van der Waals surface area contributed by atoms with E-state index in [-0.39, 0.29) is 35.1 Å². The Morgan fingerprint density at radius 2 is 1.89 bits per heavy atom. The molecule has 0 amide bonds. The van der Waals surface area contributed by atoms with Crippen LogP contribution in [-0.4, -0.2) is 26.3 Å². The minimum Gasteiger partial charge on any atom is -0.370 e. The van der Waals surface area contributed by atoms with Crippen molar-refractivity contribution in [2.24, 2.45) is 10.7 Å². The van der Waals surface area contributed by atoms with Crippen molar-refractivity contribution in [1.29, 1.82) is 0 Å². The fraction of sp³-hybridized carbons (Fsp3) is 0.750. The normalized spacial score (nSPS) is 13.1. The number of guanidine groups is 1. The molecule has 7 heteroatoms. The molecule has 0 atom stereocenters. The van der Waals surface area contributed by atoms with Gasteiger partial charge in [0.2, 0.25) is 0 Å². The van der Waals surface area contributed by atoms with Crippen LogP contribution in [0.15, 0.2) is 11.3 Å². The Kier molecular flexibility index (Phi) is 6.24. The molecule has 0 aromatic carbocycles. The van der Waals surface area contributed by atoms with Gasteiger partial charge in [0.15, 0.2) is 5.96 Å². The van der Waals surface area contributed by atoms with Gasteiger partial charge in [-0.05, 0) is 41.5 Å². The van der Waals surface area contributed by atoms with E-state index in [1.54, 1.807) is 6.33 Å². The fourth-order valence-corrected chi connectivity index (χ4v) is 1.51. The smallest absolute Gasteiger partial charge is 0.189 e. The molecule has 0 saturated heterocycles. The van der Waals surface area contributed by atoms with Crippen molar-refractivity contribution in [2.75, 3.05) is 0 Å². The lowest BCUT2D eigenvalue weighted by atomic mass is 10.1. The van der Waals surface area contributed by atoms with Gasteiger partial charge in [-0.3, -0.25) is 0 Å². The monoisotopic (exact) mass is 380 g/mol. The maximum Gasteiger partial charge on any atom is 0.189 e. The third kappa shape index (κ3) is 6.22.